The van der Waals surface area contributed by atoms with E-state index in [0.29, 0.717) is 47.7 Å². The lowest BCUT2D eigenvalue weighted by atomic mass is 9.84. The number of nitrogens with two attached hydrogens (primary N) is 1. The van der Waals surface area contributed by atoms with Crippen molar-refractivity contribution < 1.29 is 13.6 Å². The number of nitrogens with one attached hydrogen (secondary N) is 4. The Bertz CT molecular complexity index is 2560. The molecule has 8 aromatic rings. The molecule has 8 rings (SSSR count). The Hall–Kier alpha value is -7.29. The third kappa shape index (κ3) is 8.26. The lowest BCUT2D eigenvalue weighted by Crippen LogP contribution is -2.31. The number of benzene rings is 4. The van der Waals surface area contributed by atoms with Crippen molar-refractivity contribution in [3.05, 3.63) is 132 Å². The van der Waals surface area contributed by atoms with Gasteiger partial charge in [-0.3, -0.25) is 19.9 Å². The van der Waals surface area contributed by atoms with Crippen molar-refractivity contribution in [3.63, 3.8) is 0 Å². The normalized spacial score (nSPS) is 11.9. The zero-order valence-electron chi connectivity index (χ0n) is 32.9. The van der Waals surface area contributed by atoms with E-state index >= 15 is 0 Å². The van der Waals surface area contributed by atoms with Crippen LogP contribution < -0.4 is 21.3 Å². The molecule has 298 valence electrons. The topological polar surface area (TPSA) is 179 Å². The minimum atomic E-state index is -0.572. The number of halogens is 2. The largest absolute Gasteiger partial charge is 0.368 e. The number of nitrogens with zero attached hydrogens (tertiary/aromatic N) is 7. The third-order valence-electron chi connectivity index (χ3n) is 10.5. The molecule has 1 amide bonds. The zero-order chi connectivity index (χ0) is 41.3. The second-order valence-corrected chi connectivity index (χ2v) is 15.8. The van der Waals surface area contributed by atoms with Crippen molar-refractivity contribution in [1.29, 1.82) is 0 Å². The number of amides is 1. The molecule has 15 heteroatoms. The number of rotatable bonds is 14. The van der Waals surface area contributed by atoms with E-state index in [9.17, 15) is 13.6 Å². The van der Waals surface area contributed by atoms with Crippen LogP contribution in [0.4, 0.5) is 32.1 Å². The number of aromatic nitrogens is 8. The quantitative estimate of drug-likeness (QED) is 0.0724. The van der Waals surface area contributed by atoms with E-state index in [2.05, 4.69) is 79.1 Å². The van der Waals surface area contributed by atoms with E-state index in [-0.39, 0.29) is 29.0 Å². The molecule has 0 unspecified atom stereocenters. The van der Waals surface area contributed by atoms with Gasteiger partial charge in [0.15, 0.2) is 11.6 Å². The van der Waals surface area contributed by atoms with Gasteiger partial charge in [0.1, 0.15) is 29.8 Å². The highest BCUT2D eigenvalue weighted by molar-refractivity contribution is 6.01. The maximum atomic E-state index is 13.5. The van der Waals surface area contributed by atoms with Gasteiger partial charge in [-0.25, -0.2) is 8.78 Å². The van der Waals surface area contributed by atoms with Crippen molar-refractivity contribution in [2.24, 2.45) is 5.73 Å². The summed E-state index contributed by atoms with van der Waals surface area (Å²) < 4.78 is 27.0. The summed E-state index contributed by atoms with van der Waals surface area (Å²) in [4.78, 5) is 14.2. The third-order valence-corrected chi connectivity index (χ3v) is 10.5. The number of carbonyl (C=O) groups excluding carboxylic acids is 1. The van der Waals surface area contributed by atoms with E-state index in [1.165, 1.54) is 24.3 Å². The number of aromatic amines is 2. The number of primary amides is 1. The van der Waals surface area contributed by atoms with Gasteiger partial charge in [-0.1, -0.05) is 64.1 Å². The van der Waals surface area contributed by atoms with Crippen LogP contribution in [0.5, 0.6) is 0 Å². The summed E-state index contributed by atoms with van der Waals surface area (Å²) in [6, 6.07) is 32.0. The molecule has 0 saturated heterocycles. The molecule has 0 atom stereocenters. The molecule has 4 aromatic carbocycles. The highest BCUT2D eigenvalue weighted by Crippen LogP contribution is 2.36. The monoisotopic (exact) mass is 792 g/mol. The second-order valence-electron chi connectivity index (χ2n) is 15.8. The second kappa shape index (κ2) is 15.6. The van der Waals surface area contributed by atoms with Crippen molar-refractivity contribution in [1.82, 2.24) is 40.8 Å². The van der Waals surface area contributed by atoms with Crippen LogP contribution in [0.15, 0.2) is 109 Å². The zero-order valence-corrected chi connectivity index (χ0v) is 32.9. The van der Waals surface area contributed by atoms with E-state index in [0.717, 1.165) is 44.1 Å². The average Bonchev–Trinajstić information content (AvgIpc) is 3.86. The fourth-order valence-electron chi connectivity index (χ4n) is 6.93. The van der Waals surface area contributed by atoms with Crippen molar-refractivity contribution in [2.45, 2.75) is 38.5 Å². The molecule has 0 saturated carbocycles. The van der Waals surface area contributed by atoms with Gasteiger partial charge in [0.05, 0.1) is 22.4 Å². The molecule has 0 radical (unpaired) electrons. The number of carbonyl (C=O) groups is 1. The molecule has 6 N–H and O–H groups in total. The van der Waals surface area contributed by atoms with Crippen LogP contribution in [-0.4, -0.2) is 66.3 Å². The van der Waals surface area contributed by atoms with E-state index in [1.54, 1.807) is 29.2 Å². The summed E-state index contributed by atoms with van der Waals surface area (Å²) in [5.74, 6) is 1.00. The molecule has 0 aliphatic rings. The highest BCUT2D eigenvalue weighted by atomic mass is 19.1. The van der Waals surface area contributed by atoms with Crippen LogP contribution in [0.1, 0.15) is 38.8 Å². The Morgan fingerprint density at radius 2 is 1.03 bits per heavy atom. The standard InChI is InChI=1S/C44H42F2N12O/c1-43(2,28-7-11-30(45)12-8-28)24-48-39-19-17-34(50-54-39)26-5-15-36-32(21-26)41(56-52-36)58(23-38(47)59)42-33-22-27(6-16-37(33)53-57-42)35-18-20-40(55-51-35)49-25-44(3,4)29-9-13-31(46)14-10-29/h5-22H,23-25H2,1-4H3,(H2,47,59)(H,48,54)(H,49,55)(H,52,56)(H,53,57). The first-order valence-electron chi connectivity index (χ1n) is 19.0. The van der Waals surface area contributed by atoms with Gasteiger partial charge in [-0.15, -0.1) is 20.4 Å². The highest BCUT2D eigenvalue weighted by Gasteiger charge is 2.25. The summed E-state index contributed by atoms with van der Waals surface area (Å²) in [5, 5.41) is 41.3. The molecule has 4 aromatic heterocycles. The number of hydrogen-bond acceptors (Lipinski definition) is 10. The molecule has 0 aliphatic carbocycles. The lowest BCUT2D eigenvalue weighted by Gasteiger charge is -2.25. The molecule has 4 heterocycles. The summed E-state index contributed by atoms with van der Waals surface area (Å²) in [7, 11) is 0. The van der Waals surface area contributed by atoms with Crippen LogP contribution in [0.25, 0.3) is 44.3 Å². The Morgan fingerprint density at radius 1 is 0.610 bits per heavy atom. The Balaban J connectivity index is 1.02. The van der Waals surface area contributed by atoms with Gasteiger partial charge >= 0.3 is 0 Å². The molecule has 0 aliphatic heterocycles. The first-order chi connectivity index (χ1) is 28.3. The number of anilines is 4. The molecular formula is C44H42F2N12O. The molecule has 0 bridgehead atoms. The van der Waals surface area contributed by atoms with Crippen molar-refractivity contribution in [2.75, 3.05) is 35.2 Å². The van der Waals surface area contributed by atoms with E-state index < -0.39 is 5.91 Å². The Kier molecular flexibility index (Phi) is 10.2. The molecular weight excluding hydrogens is 751 g/mol. The van der Waals surface area contributed by atoms with Gasteiger partial charge in [-0.05, 0) is 83.9 Å². The SMILES string of the molecule is CC(C)(CNc1ccc(-c2ccc3[nH]nc(N(CC(N)=O)c4n[nH]c5ccc(-c6ccc(NCC(C)(C)c7ccc(F)cc7)nn6)cc45)c3c2)nn1)c1ccc(F)cc1. The van der Waals surface area contributed by atoms with Crippen molar-refractivity contribution in [3.8, 4) is 22.5 Å². The van der Waals surface area contributed by atoms with Crippen LogP contribution >= 0.6 is 0 Å². The van der Waals surface area contributed by atoms with Crippen molar-refractivity contribution >= 4 is 51.0 Å². The van der Waals surface area contributed by atoms with Gasteiger partial charge in [-0.2, -0.15) is 10.2 Å². The van der Waals surface area contributed by atoms with E-state index in [1.807, 2.05) is 60.7 Å². The van der Waals surface area contributed by atoms with Crippen LogP contribution in [0.2, 0.25) is 0 Å². The fourth-order valence-corrected chi connectivity index (χ4v) is 6.93. The molecule has 0 fully saturated rings. The minimum Gasteiger partial charge on any atom is -0.368 e. The predicted molar refractivity (Wildman–Crippen MR) is 226 cm³/mol. The molecule has 59 heavy (non-hydrogen) atoms. The first-order valence-corrected chi connectivity index (χ1v) is 19.0. The lowest BCUT2D eigenvalue weighted by molar-refractivity contribution is -0.116. The minimum absolute atomic E-state index is 0.197. The van der Waals surface area contributed by atoms with Crippen LogP contribution in [0.3, 0.4) is 0 Å². The molecule has 13 nitrogen and oxygen atoms in total. The number of H-pyrrole nitrogens is 2. The molecule has 0 spiro atoms. The first kappa shape index (κ1) is 38.6. The van der Waals surface area contributed by atoms with Gasteiger partial charge < -0.3 is 16.4 Å². The summed E-state index contributed by atoms with van der Waals surface area (Å²) in [5.41, 5.74) is 11.6. The Labute approximate surface area is 338 Å². The van der Waals surface area contributed by atoms with Gasteiger partial charge in [0.25, 0.3) is 0 Å². The summed E-state index contributed by atoms with van der Waals surface area (Å²) in [6.45, 7) is 9.23. The number of hydrogen-bond donors (Lipinski definition) is 5. The maximum Gasteiger partial charge on any atom is 0.237 e. The van der Waals surface area contributed by atoms with Crippen LogP contribution in [-0.2, 0) is 15.6 Å². The number of fused-ring (bicyclic) bond motifs is 2. The smallest absolute Gasteiger partial charge is 0.237 e. The predicted octanol–water partition coefficient (Wildman–Crippen LogP) is 8.03. The summed E-state index contributed by atoms with van der Waals surface area (Å²) >= 11 is 0. The average molecular weight is 793 g/mol. The fraction of sp³-hybridized carbons (Fsp3) is 0.205. The van der Waals surface area contributed by atoms with E-state index in [4.69, 9.17) is 5.73 Å². The van der Waals surface area contributed by atoms with Crippen LogP contribution in [0, 0.1) is 11.6 Å². The van der Waals surface area contributed by atoms with Gasteiger partial charge in [0, 0.05) is 45.8 Å². The Morgan fingerprint density at radius 3 is 1.41 bits per heavy atom. The summed E-state index contributed by atoms with van der Waals surface area (Å²) in [6.07, 6.45) is 0. The maximum absolute atomic E-state index is 13.5. The van der Waals surface area contributed by atoms with Gasteiger partial charge in [0.2, 0.25) is 5.91 Å².